The fourth-order valence-electron chi connectivity index (χ4n) is 3.55. The summed E-state index contributed by atoms with van der Waals surface area (Å²) < 4.78 is 42.3. The van der Waals surface area contributed by atoms with E-state index >= 15 is 0 Å². The molecular weight excluding hydrogens is 367 g/mol. The Labute approximate surface area is 159 Å². The van der Waals surface area contributed by atoms with E-state index in [1.165, 1.54) is 30.3 Å². The molecule has 0 saturated carbocycles. The highest BCUT2D eigenvalue weighted by atomic mass is 32.2. The van der Waals surface area contributed by atoms with Crippen molar-refractivity contribution in [2.24, 2.45) is 0 Å². The van der Waals surface area contributed by atoms with Gasteiger partial charge in [0.25, 0.3) is 0 Å². The van der Waals surface area contributed by atoms with Crippen molar-refractivity contribution < 1.29 is 17.9 Å². The molecule has 1 saturated heterocycles. The third-order valence-electron chi connectivity index (χ3n) is 5.08. The lowest BCUT2D eigenvalue weighted by molar-refractivity contribution is 0.268. The highest BCUT2D eigenvalue weighted by Gasteiger charge is 2.25. The average Bonchev–Trinajstić information content (AvgIpc) is 3.14. The van der Waals surface area contributed by atoms with Crippen molar-refractivity contribution in [1.29, 1.82) is 0 Å². The monoisotopic (exact) mass is 392 g/mol. The number of sulfonamides is 1. The Morgan fingerprint density at radius 1 is 1.26 bits per heavy atom. The second-order valence-electron chi connectivity index (χ2n) is 6.78. The van der Waals surface area contributed by atoms with Gasteiger partial charge in [0.05, 0.1) is 11.5 Å². The minimum Gasteiger partial charge on any atom is -0.392 e. The molecule has 0 aliphatic carbocycles. The maximum Gasteiger partial charge on any atom is 0.240 e. The lowest BCUT2D eigenvalue weighted by Gasteiger charge is -2.22. The summed E-state index contributed by atoms with van der Waals surface area (Å²) in [6, 6.07) is 10.8. The number of likely N-dealkylation sites (N-methyl/N-ethyl adjacent to an activating group) is 1. The van der Waals surface area contributed by atoms with Crippen molar-refractivity contribution in [1.82, 2.24) is 9.62 Å². The van der Waals surface area contributed by atoms with Gasteiger partial charge in [-0.25, -0.2) is 17.5 Å². The van der Waals surface area contributed by atoms with Crippen LogP contribution in [0.1, 0.15) is 25.3 Å². The van der Waals surface area contributed by atoms with E-state index in [2.05, 4.69) is 16.5 Å². The van der Waals surface area contributed by atoms with E-state index in [1.54, 1.807) is 12.1 Å². The topological polar surface area (TPSA) is 69.6 Å². The molecule has 1 fully saturated rings. The number of halogens is 1. The van der Waals surface area contributed by atoms with E-state index in [1.807, 2.05) is 0 Å². The third kappa shape index (κ3) is 4.55. The van der Waals surface area contributed by atoms with Crippen LogP contribution in [0.3, 0.4) is 0 Å². The number of aliphatic hydroxyl groups is 1. The van der Waals surface area contributed by atoms with Gasteiger partial charge in [0, 0.05) is 18.2 Å². The Morgan fingerprint density at radius 2 is 2.07 bits per heavy atom. The van der Waals surface area contributed by atoms with E-state index in [0.29, 0.717) is 17.7 Å². The van der Waals surface area contributed by atoms with Crippen molar-refractivity contribution in [3.63, 3.8) is 0 Å². The highest BCUT2D eigenvalue weighted by Crippen LogP contribution is 2.26. The summed E-state index contributed by atoms with van der Waals surface area (Å²) in [7, 11) is -3.69. The lowest BCUT2D eigenvalue weighted by atomic mass is 10.0. The van der Waals surface area contributed by atoms with E-state index in [9.17, 15) is 17.9 Å². The second-order valence-corrected chi connectivity index (χ2v) is 8.54. The summed E-state index contributed by atoms with van der Waals surface area (Å²) in [5, 5.41) is 9.27. The zero-order chi connectivity index (χ0) is 19.4. The maximum absolute atomic E-state index is 14.2. The summed E-state index contributed by atoms with van der Waals surface area (Å²) in [4.78, 5) is 2.38. The molecule has 1 aliphatic rings. The van der Waals surface area contributed by atoms with Crippen LogP contribution in [0.25, 0.3) is 11.1 Å². The molecule has 2 aromatic carbocycles. The molecular formula is C20H25FN2O3S. The van der Waals surface area contributed by atoms with Crippen molar-refractivity contribution in [2.75, 3.05) is 19.6 Å². The molecule has 2 aromatic rings. The molecule has 0 aromatic heterocycles. The van der Waals surface area contributed by atoms with E-state index in [4.69, 9.17) is 0 Å². The Hall–Kier alpha value is -1.80. The van der Waals surface area contributed by atoms with Gasteiger partial charge in [-0.15, -0.1) is 0 Å². The Kier molecular flexibility index (Phi) is 6.26. The molecule has 2 N–H and O–H groups in total. The summed E-state index contributed by atoms with van der Waals surface area (Å²) in [6.45, 7) is 4.14. The van der Waals surface area contributed by atoms with Crippen LogP contribution in [0.15, 0.2) is 47.4 Å². The molecule has 146 valence electrons. The van der Waals surface area contributed by atoms with Crippen LogP contribution in [0.5, 0.6) is 0 Å². The predicted octanol–water partition coefficient (Wildman–Crippen LogP) is 2.75. The Balaban J connectivity index is 1.82. The minimum absolute atomic E-state index is 0.106. The molecule has 1 atom stereocenters. The zero-order valence-electron chi connectivity index (χ0n) is 15.4. The van der Waals surface area contributed by atoms with Crippen LogP contribution >= 0.6 is 0 Å². The second kappa shape index (κ2) is 8.48. The van der Waals surface area contributed by atoms with Gasteiger partial charge >= 0.3 is 0 Å². The van der Waals surface area contributed by atoms with Crippen LogP contribution in [-0.2, 0) is 16.6 Å². The van der Waals surface area contributed by atoms with Crippen LogP contribution in [0, 0.1) is 5.82 Å². The average molecular weight is 392 g/mol. The first-order valence-corrected chi connectivity index (χ1v) is 10.7. The van der Waals surface area contributed by atoms with Crippen molar-refractivity contribution in [2.45, 2.75) is 37.3 Å². The number of likely N-dealkylation sites (tertiary alicyclic amines) is 1. The molecule has 0 amide bonds. The number of hydrogen-bond donors (Lipinski definition) is 2. The van der Waals surface area contributed by atoms with Gasteiger partial charge in [-0.2, -0.15) is 0 Å². The molecule has 0 spiro atoms. The number of nitrogens with one attached hydrogen (secondary N) is 1. The van der Waals surface area contributed by atoms with Gasteiger partial charge < -0.3 is 5.11 Å². The van der Waals surface area contributed by atoms with Crippen LogP contribution in [-0.4, -0.2) is 44.1 Å². The summed E-state index contributed by atoms with van der Waals surface area (Å²) in [6.07, 6.45) is 2.06. The number of nitrogens with zero attached hydrogens (tertiary/aromatic N) is 1. The van der Waals surface area contributed by atoms with Gasteiger partial charge in [-0.1, -0.05) is 25.1 Å². The molecule has 5 nitrogen and oxygen atoms in total. The summed E-state index contributed by atoms with van der Waals surface area (Å²) in [5.74, 6) is -0.459. The quantitative estimate of drug-likeness (QED) is 0.760. The number of rotatable bonds is 7. The van der Waals surface area contributed by atoms with Gasteiger partial charge in [0.2, 0.25) is 10.0 Å². The Bertz CT molecular complexity index is 902. The van der Waals surface area contributed by atoms with E-state index in [-0.39, 0.29) is 23.1 Å². The third-order valence-corrected chi connectivity index (χ3v) is 6.50. The molecule has 0 bridgehead atoms. The molecule has 0 radical (unpaired) electrons. The van der Waals surface area contributed by atoms with Crippen molar-refractivity contribution in [3.05, 3.63) is 53.8 Å². The van der Waals surface area contributed by atoms with Crippen molar-refractivity contribution in [3.8, 4) is 11.1 Å². The molecule has 3 rings (SSSR count). The first-order valence-electron chi connectivity index (χ1n) is 9.18. The molecule has 1 heterocycles. The molecule has 27 heavy (non-hydrogen) atoms. The standard InChI is InChI=1S/C20H25FN2O3S/c1-2-23-10-4-6-17(23)13-22-27(25,26)18-7-3-5-16(12-18)19-11-15(14-24)8-9-20(19)21/h3,5,7-9,11-12,17,22,24H,2,4,6,10,13-14H2,1H3/t17-/m0/s1. The highest BCUT2D eigenvalue weighted by molar-refractivity contribution is 7.89. The first-order chi connectivity index (χ1) is 12.9. The lowest BCUT2D eigenvalue weighted by Crippen LogP contribution is -2.39. The number of hydrogen-bond acceptors (Lipinski definition) is 4. The van der Waals surface area contributed by atoms with Crippen LogP contribution < -0.4 is 4.72 Å². The fourth-order valence-corrected chi connectivity index (χ4v) is 4.67. The summed E-state index contributed by atoms with van der Waals surface area (Å²) >= 11 is 0. The van der Waals surface area contributed by atoms with Crippen LogP contribution in [0.4, 0.5) is 4.39 Å². The predicted molar refractivity (Wildman–Crippen MR) is 103 cm³/mol. The first kappa shape index (κ1) is 19.9. The fraction of sp³-hybridized carbons (Fsp3) is 0.400. The molecule has 7 heteroatoms. The number of benzene rings is 2. The zero-order valence-corrected chi connectivity index (χ0v) is 16.2. The largest absolute Gasteiger partial charge is 0.392 e. The van der Waals surface area contributed by atoms with Crippen LogP contribution in [0.2, 0.25) is 0 Å². The number of aliphatic hydroxyl groups excluding tert-OH is 1. The van der Waals surface area contributed by atoms with Gasteiger partial charge in [-0.05, 0) is 61.3 Å². The summed E-state index contributed by atoms with van der Waals surface area (Å²) in [5.41, 5.74) is 1.30. The van der Waals surface area contributed by atoms with Gasteiger partial charge in [0.1, 0.15) is 5.82 Å². The SMILES string of the molecule is CCN1CCC[C@H]1CNS(=O)(=O)c1cccc(-c2cc(CO)ccc2F)c1. The maximum atomic E-state index is 14.2. The van der Waals surface area contributed by atoms with E-state index in [0.717, 1.165) is 25.9 Å². The smallest absolute Gasteiger partial charge is 0.240 e. The van der Waals surface area contributed by atoms with E-state index < -0.39 is 15.8 Å². The Morgan fingerprint density at radius 3 is 2.81 bits per heavy atom. The normalized spacial score (nSPS) is 18.1. The van der Waals surface area contributed by atoms with Gasteiger partial charge in [-0.3, -0.25) is 4.90 Å². The molecule has 1 aliphatic heterocycles. The molecule has 0 unspecified atom stereocenters. The minimum atomic E-state index is -3.69. The van der Waals surface area contributed by atoms with Gasteiger partial charge in [0.15, 0.2) is 0 Å². The van der Waals surface area contributed by atoms with Crippen molar-refractivity contribution >= 4 is 10.0 Å².